The Morgan fingerprint density at radius 1 is 1.17 bits per heavy atom. The molecular weight excluding hydrogens is 246 g/mol. The summed E-state index contributed by atoms with van der Waals surface area (Å²) in [7, 11) is 0. The molecule has 1 aromatic rings. The van der Waals surface area contributed by atoms with Crippen molar-refractivity contribution in [1.82, 2.24) is 0 Å². The van der Waals surface area contributed by atoms with Crippen LogP contribution in [0.25, 0.3) is 0 Å². The first-order valence-electron chi connectivity index (χ1n) is 6.50. The molecule has 2 aliphatic rings. The van der Waals surface area contributed by atoms with Gasteiger partial charge in [-0.05, 0) is 30.7 Å². The van der Waals surface area contributed by atoms with Crippen LogP contribution in [0, 0.1) is 0 Å². The van der Waals surface area contributed by atoms with Gasteiger partial charge in [-0.15, -0.1) is 11.8 Å². The maximum atomic E-state index is 6.58. The van der Waals surface area contributed by atoms with Crippen LogP contribution in [0.3, 0.4) is 0 Å². The second-order valence-corrected chi connectivity index (χ2v) is 5.85. The lowest BCUT2D eigenvalue weighted by Crippen LogP contribution is -2.34. The van der Waals surface area contributed by atoms with Gasteiger partial charge in [-0.25, -0.2) is 0 Å². The van der Waals surface area contributed by atoms with E-state index in [0.717, 1.165) is 29.2 Å². The molecule has 0 radical (unpaired) electrons. The third-order valence-corrected chi connectivity index (χ3v) is 4.71. The highest BCUT2D eigenvalue weighted by atomic mass is 32.2. The van der Waals surface area contributed by atoms with E-state index in [9.17, 15) is 0 Å². The molecule has 0 unspecified atom stereocenters. The van der Waals surface area contributed by atoms with Gasteiger partial charge in [-0.3, -0.25) is 0 Å². The highest BCUT2D eigenvalue weighted by Gasteiger charge is 2.35. The molecule has 1 heterocycles. The quantitative estimate of drug-likeness (QED) is 0.835. The van der Waals surface area contributed by atoms with Gasteiger partial charge in [0.15, 0.2) is 11.5 Å². The molecule has 3 nitrogen and oxygen atoms in total. The molecule has 1 saturated carbocycles. The Bertz CT molecular complexity index is 455. The predicted molar refractivity (Wildman–Crippen MR) is 73.5 cm³/mol. The summed E-state index contributed by atoms with van der Waals surface area (Å²) in [5, 5.41) is 0. The van der Waals surface area contributed by atoms with E-state index < -0.39 is 0 Å². The van der Waals surface area contributed by atoms with Gasteiger partial charge < -0.3 is 15.2 Å². The van der Waals surface area contributed by atoms with Crippen molar-refractivity contribution in [1.29, 1.82) is 0 Å². The minimum Gasteiger partial charge on any atom is -0.486 e. The van der Waals surface area contributed by atoms with E-state index in [0.29, 0.717) is 13.2 Å². The normalized spacial score (nSPS) is 21.0. The standard InChI is InChI=1S/C14H19NO2S/c1-18-13-10(14(15)6-2-3-7-14)4-5-11-12(13)17-9-8-16-11/h4-5H,2-3,6-9,15H2,1H3. The summed E-state index contributed by atoms with van der Waals surface area (Å²) >= 11 is 1.71. The zero-order valence-corrected chi connectivity index (χ0v) is 11.5. The Morgan fingerprint density at radius 3 is 2.61 bits per heavy atom. The zero-order valence-electron chi connectivity index (χ0n) is 10.7. The number of fused-ring (bicyclic) bond motifs is 1. The third-order valence-electron chi connectivity index (χ3n) is 3.90. The van der Waals surface area contributed by atoms with E-state index in [-0.39, 0.29) is 5.54 Å². The highest BCUT2D eigenvalue weighted by molar-refractivity contribution is 7.98. The van der Waals surface area contributed by atoms with E-state index >= 15 is 0 Å². The average molecular weight is 265 g/mol. The smallest absolute Gasteiger partial charge is 0.175 e. The number of nitrogens with two attached hydrogens (primary N) is 1. The van der Waals surface area contributed by atoms with Crippen molar-refractivity contribution >= 4 is 11.8 Å². The zero-order chi connectivity index (χ0) is 12.6. The van der Waals surface area contributed by atoms with Crippen molar-refractivity contribution in [3.8, 4) is 11.5 Å². The lowest BCUT2D eigenvalue weighted by molar-refractivity contribution is 0.166. The van der Waals surface area contributed by atoms with Gasteiger partial charge in [-0.1, -0.05) is 18.9 Å². The van der Waals surface area contributed by atoms with Crippen LogP contribution in [-0.2, 0) is 5.54 Å². The van der Waals surface area contributed by atoms with Crippen LogP contribution in [0.5, 0.6) is 11.5 Å². The monoisotopic (exact) mass is 265 g/mol. The van der Waals surface area contributed by atoms with Crippen LogP contribution in [0.4, 0.5) is 0 Å². The molecule has 0 atom stereocenters. The van der Waals surface area contributed by atoms with E-state index in [1.165, 1.54) is 18.4 Å². The molecule has 18 heavy (non-hydrogen) atoms. The van der Waals surface area contributed by atoms with Crippen molar-refractivity contribution in [3.63, 3.8) is 0 Å². The number of ether oxygens (including phenoxy) is 2. The van der Waals surface area contributed by atoms with Crippen molar-refractivity contribution < 1.29 is 9.47 Å². The summed E-state index contributed by atoms with van der Waals surface area (Å²) in [5.41, 5.74) is 7.64. The lowest BCUT2D eigenvalue weighted by Gasteiger charge is -2.29. The number of benzene rings is 1. The Kier molecular flexibility index (Phi) is 3.16. The van der Waals surface area contributed by atoms with Gasteiger partial charge in [0.25, 0.3) is 0 Å². The molecule has 98 valence electrons. The molecule has 0 saturated heterocycles. The molecule has 1 aliphatic carbocycles. The fourth-order valence-electron chi connectivity index (χ4n) is 2.96. The van der Waals surface area contributed by atoms with Gasteiger partial charge >= 0.3 is 0 Å². The Balaban J connectivity index is 2.09. The van der Waals surface area contributed by atoms with E-state index in [2.05, 4.69) is 12.3 Å². The van der Waals surface area contributed by atoms with Crippen LogP contribution in [-0.4, -0.2) is 19.5 Å². The summed E-state index contributed by atoms with van der Waals surface area (Å²) in [4.78, 5) is 1.16. The lowest BCUT2D eigenvalue weighted by atomic mass is 9.89. The molecule has 0 amide bonds. The number of rotatable bonds is 2. The molecule has 3 rings (SSSR count). The molecular formula is C14H19NO2S. The van der Waals surface area contributed by atoms with Crippen LogP contribution >= 0.6 is 11.8 Å². The van der Waals surface area contributed by atoms with Gasteiger partial charge in [0.1, 0.15) is 13.2 Å². The Morgan fingerprint density at radius 2 is 1.89 bits per heavy atom. The maximum Gasteiger partial charge on any atom is 0.175 e. The molecule has 0 spiro atoms. The second kappa shape index (κ2) is 4.67. The Labute approximate surface area is 112 Å². The third kappa shape index (κ3) is 1.88. The molecule has 4 heteroatoms. The minimum atomic E-state index is -0.172. The van der Waals surface area contributed by atoms with E-state index in [1.807, 2.05) is 6.07 Å². The van der Waals surface area contributed by atoms with Crippen molar-refractivity contribution in [3.05, 3.63) is 17.7 Å². The van der Waals surface area contributed by atoms with Crippen molar-refractivity contribution in [2.45, 2.75) is 36.1 Å². The number of hydrogen-bond donors (Lipinski definition) is 1. The van der Waals surface area contributed by atoms with Gasteiger partial charge in [0, 0.05) is 5.54 Å². The molecule has 1 fully saturated rings. The molecule has 2 N–H and O–H groups in total. The van der Waals surface area contributed by atoms with Crippen LogP contribution in [0.2, 0.25) is 0 Å². The first kappa shape index (κ1) is 12.2. The minimum absolute atomic E-state index is 0.172. The SMILES string of the molecule is CSc1c(C2(N)CCCC2)ccc2c1OCCO2. The fourth-order valence-corrected chi connectivity index (χ4v) is 3.80. The average Bonchev–Trinajstić information content (AvgIpc) is 2.85. The molecule has 0 bridgehead atoms. The Hall–Kier alpha value is -0.870. The summed E-state index contributed by atoms with van der Waals surface area (Å²) in [6, 6.07) is 4.14. The summed E-state index contributed by atoms with van der Waals surface area (Å²) in [6.45, 7) is 1.26. The van der Waals surface area contributed by atoms with E-state index in [4.69, 9.17) is 15.2 Å². The first-order chi connectivity index (χ1) is 8.74. The summed E-state index contributed by atoms with van der Waals surface area (Å²) in [6.07, 6.45) is 6.66. The maximum absolute atomic E-state index is 6.58. The first-order valence-corrected chi connectivity index (χ1v) is 7.73. The van der Waals surface area contributed by atoms with Gasteiger partial charge in [-0.2, -0.15) is 0 Å². The number of thioether (sulfide) groups is 1. The molecule has 0 aromatic heterocycles. The number of hydrogen-bond acceptors (Lipinski definition) is 4. The van der Waals surface area contributed by atoms with Crippen LogP contribution in [0.1, 0.15) is 31.2 Å². The highest BCUT2D eigenvalue weighted by Crippen LogP contribution is 2.47. The van der Waals surface area contributed by atoms with Crippen LogP contribution in [0.15, 0.2) is 17.0 Å². The van der Waals surface area contributed by atoms with Crippen LogP contribution < -0.4 is 15.2 Å². The largest absolute Gasteiger partial charge is 0.486 e. The molecule has 1 aromatic carbocycles. The van der Waals surface area contributed by atoms with Crippen molar-refractivity contribution in [2.75, 3.05) is 19.5 Å². The van der Waals surface area contributed by atoms with E-state index in [1.54, 1.807) is 11.8 Å². The fraction of sp³-hybridized carbons (Fsp3) is 0.571. The topological polar surface area (TPSA) is 44.5 Å². The molecule has 1 aliphatic heterocycles. The summed E-state index contributed by atoms with van der Waals surface area (Å²) in [5.74, 6) is 1.75. The predicted octanol–water partition coefficient (Wildman–Crippen LogP) is 2.91. The second-order valence-electron chi connectivity index (χ2n) is 5.03. The van der Waals surface area contributed by atoms with Crippen molar-refractivity contribution in [2.24, 2.45) is 5.73 Å². The summed E-state index contributed by atoms with van der Waals surface area (Å²) < 4.78 is 11.4. The van der Waals surface area contributed by atoms with Gasteiger partial charge in [0.05, 0.1) is 4.90 Å². The van der Waals surface area contributed by atoms with Gasteiger partial charge in [0.2, 0.25) is 0 Å².